The summed E-state index contributed by atoms with van der Waals surface area (Å²) in [6.45, 7) is 4.66. The SMILES string of the molecule is CCOC(=O)c1oc2ccccc2c1CSc1nc2ccccc2n1-c1ccc(OCC)cc1. The second-order valence-corrected chi connectivity index (χ2v) is 8.50. The van der Waals surface area contributed by atoms with Crippen LogP contribution in [0.3, 0.4) is 0 Å². The summed E-state index contributed by atoms with van der Waals surface area (Å²) < 4.78 is 18.9. The number of ether oxygens (including phenoxy) is 2. The monoisotopic (exact) mass is 472 g/mol. The van der Waals surface area contributed by atoms with Crippen LogP contribution < -0.4 is 4.74 Å². The minimum absolute atomic E-state index is 0.249. The molecule has 5 rings (SSSR count). The van der Waals surface area contributed by atoms with E-state index < -0.39 is 5.97 Å². The molecule has 0 radical (unpaired) electrons. The molecule has 0 atom stereocenters. The van der Waals surface area contributed by atoms with Crippen LogP contribution in [-0.4, -0.2) is 28.7 Å². The van der Waals surface area contributed by atoms with Gasteiger partial charge in [0.15, 0.2) is 5.16 Å². The Labute approximate surface area is 201 Å². The highest BCUT2D eigenvalue weighted by Gasteiger charge is 2.23. The Morgan fingerprint density at radius 3 is 2.53 bits per heavy atom. The van der Waals surface area contributed by atoms with Gasteiger partial charge in [0.05, 0.1) is 24.2 Å². The van der Waals surface area contributed by atoms with Crippen molar-refractivity contribution in [3.63, 3.8) is 0 Å². The molecule has 6 nitrogen and oxygen atoms in total. The molecular weight excluding hydrogens is 448 g/mol. The largest absolute Gasteiger partial charge is 0.494 e. The van der Waals surface area contributed by atoms with Crippen LogP contribution in [0.4, 0.5) is 0 Å². The summed E-state index contributed by atoms with van der Waals surface area (Å²) in [5.74, 6) is 1.13. The lowest BCUT2D eigenvalue weighted by Gasteiger charge is -2.10. The summed E-state index contributed by atoms with van der Waals surface area (Å²) >= 11 is 1.56. The lowest BCUT2D eigenvalue weighted by molar-refractivity contribution is 0.0491. The van der Waals surface area contributed by atoms with Crippen molar-refractivity contribution in [2.24, 2.45) is 0 Å². The van der Waals surface area contributed by atoms with E-state index in [1.807, 2.05) is 73.7 Å². The molecule has 0 unspecified atom stereocenters. The first-order valence-electron chi connectivity index (χ1n) is 11.2. The molecule has 0 saturated carbocycles. The van der Waals surface area contributed by atoms with Crippen LogP contribution in [0.25, 0.3) is 27.7 Å². The molecule has 3 aromatic carbocycles. The van der Waals surface area contributed by atoms with Crippen molar-refractivity contribution >= 4 is 39.7 Å². The fourth-order valence-electron chi connectivity index (χ4n) is 3.95. The Morgan fingerprint density at radius 2 is 1.74 bits per heavy atom. The van der Waals surface area contributed by atoms with Gasteiger partial charge in [-0.3, -0.25) is 4.57 Å². The Balaban J connectivity index is 1.54. The molecule has 0 bridgehead atoms. The summed E-state index contributed by atoms with van der Waals surface area (Å²) in [6, 6.07) is 23.7. The molecule has 0 saturated heterocycles. The molecule has 0 aliphatic rings. The molecule has 34 heavy (non-hydrogen) atoms. The van der Waals surface area contributed by atoms with Crippen LogP contribution in [0.5, 0.6) is 5.75 Å². The van der Waals surface area contributed by atoms with Crippen LogP contribution >= 0.6 is 11.8 Å². The van der Waals surface area contributed by atoms with Gasteiger partial charge in [0.1, 0.15) is 11.3 Å². The minimum Gasteiger partial charge on any atom is -0.494 e. The van der Waals surface area contributed by atoms with Crippen molar-refractivity contribution < 1.29 is 18.7 Å². The topological polar surface area (TPSA) is 66.5 Å². The Bertz CT molecular complexity index is 1450. The zero-order valence-electron chi connectivity index (χ0n) is 19.0. The Kier molecular flexibility index (Phi) is 6.27. The average Bonchev–Trinajstić information content (AvgIpc) is 3.42. The van der Waals surface area contributed by atoms with Gasteiger partial charge in [-0.05, 0) is 56.3 Å². The van der Waals surface area contributed by atoms with Gasteiger partial charge in [0.25, 0.3) is 0 Å². The number of nitrogens with zero attached hydrogens (tertiary/aromatic N) is 2. The highest BCUT2D eigenvalue weighted by molar-refractivity contribution is 7.98. The number of hydrogen-bond acceptors (Lipinski definition) is 6. The molecule has 0 amide bonds. The number of hydrogen-bond donors (Lipinski definition) is 0. The van der Waals surface area contributed by atoms with Gasteiger partial charge < -0.3 is 13.9 Å². The molecule has 172 valence electrons. The molecular formula is C27H24N2O4S. The molecule has 0 fully saturated rings. The molecule has 7 heteroatoms. The fraction of sp³-hybridized carbons (Fsp3) is 0.185. The summed E-state index contributed by atoms with van der Waals surface area (Å²) in [6.07, 6.45) is 0. The van der Waals surface area contributed by atoms with Crippen LogP contribution in [0.1, 0.15) is 30.0 Å². The molecule has 0 aliphatic heterocycles. The summed E-state index contributed by atoms with van der Waals surface area (Å²) in [5.41, 5.74) is 4.38. The van der Waals surface area contributed by atoms with Crippen LogP contribution in [-0.2, 0) is 10.5 Å². The summed E-state index contributed by atoms with van der Waals surface area (Å²) in [7, 11) is 0. The standard InChI is InChI=1S/C27H24N2O4S/c1-3-31-19-15-13-18(14-16-19)29-23-11-7-6-10-22(23)28-27(29)34-17-21-20-9-5-8-12-24(20)33-25(21)26(30)32-4-2/h5-16H,3-4,17H2,1-2H3. The molecule has 2 heterocycles. The molecule has 0 aliphatic carbocycles. The van der Waals surface area contributed by atoms with Crippen molar-refractivity contribution in [3.8, 4) is 11.4 Å². The number of imidazole rings is 1. The first-order chi connectivity index (χ1) is 16.7. The predicted octanol–water partition coefficient (Wildman–Crippen LogP) is 6.64. The number of para-hydroxylation sites is 3. The third-order valence-electron chi connectivity index (χ3n) is 5.44. The van der Waals surface area contributed by atoms with Gasteiger partial charge in [-0.1, -0.05) is 42.1 Å². The van der Waals surface area contributed by atoms with E-state index in [1.165, 1.54) is 0 Å². The third-order valence-corrected chi connectivity index (χ3v) is 6.41. The number of aromatic nitrogens is 2. The van der Waals surface area contributed by atoms with Crippen molar-refractivity contribution in [3.05, 3.63) is 84.1 Å². The van der Waals surface area contributed by atoms with Crippen LogP contribution in [0.15, 0.2) is 82.4 Å². The molecule has 5 aromatic rings. The normalized spacial score (nSPS) is 11.2. The zero-order valence-corrected chi connectivity index (χ0v) is 19.8. The van der Waals surface area contributed by atoms with Gasteiger partial charge in [-0.2, -0.15) is 0 Å². The number of fused-ring (bicyclic) bond motifs is 2. The third kappa shape index (κ3) is 4.15. The van der Waals surface area contributed by atoms with Crippen LogP contribution in [0, 0.1) is 0 Å². The van der Waals surface area contributed by atoms with Gasteiger partial charge >= 0.3 is 5.97 Å². The summed E-state index contributed by atoms with van der Waals surface area (Å²) in [5, 5.41) is 1.73. The number of benzene rings is 3. The second-order valence-electron chi connectivity index (χ2n) is 7.56. The van der Waals surface area contributed by atoms with Crippen molar-refractivity contribution in [1.82, 2.24) is 9.55 Å². The lowest BCUT2D eigenvalue weighted by Crippen LogP contribution is -2.06. The second kappa shape index (κ2) is 9.65. The maximum absolute atomic E-state index is 12.6. The van der Waals surface area contributed by atoms with E-state index in [4.69, 9.17) is 18.9 Å². The quantitative estimate of drug-likeness (QED) is 0.186. The molecule has 0 N–H and O–H groups in total. The van der Waals surface area contributed by atoms with E-state index in [0.29, 0.717) is 17.9 Å². The first kappa shape index (κ1) is 22.1. The number of furan rings is 1. The molecule has 2 aromatic heterocycles. The van der Waals surface area contributed by atoms with Gasteiger partial charge in [-0.15, -0.1) is 0 Å². The summed E-state index contributed by atoms with van der Waals surface area (Å²) in [4.78, 5) is 17.5. The highest BCUT2D eigenvalue weighted by atomic mass is 32.2. The van der Waals surface area contributed by atoms with Crippen molar-refractivity contribution in [2.45, 2.75) is 24.8 Å². The number of carbonyl (C=O) groups excluding carboxylic acids is 1. The Hall–Kier alpha value is -3.71. The average molecular weight is 473 g/mol. The first-order valence-corrected chi connectivity index (χ1v) is 12.2. The number of thioether (sulfide) groups is 1. The zero-order chi connectivity index (χ0) is 23.5. The van der Waals surface area contributed by atoms with Crippen molar-refractivity contribution in [1.29, 1.82) is 0 Å². The maximum Gasteiger partial charge on any atom is 0.374 e. The van der Waals surface area contributed by atoms with E-state index >= 15 is 0 Å². The van der Waals surface area contributed by atoms with Gasteiger partial charge in [-0.25, -0.2) is 9.78 Å². The van der Waals surface area contributed by atoms with Crippen molar-refractivity contribution in [2.75, 3.05) is 13.2 Å². The van der Waals surface area contributed by atoms with E-state index in [9.17, 15) is 4.79 Å². The molecule has 0 spiro atoms. The maximum atomic E-state index is 12.6. The van der Waals surface area contributed by atoms with E-state index in [-0.39, 0.29) is 12.4 Å². The fourth-order valence-corrected chi connectivity index (χ4v) is 5.00. The minimum atomic E-state index is -0.450. The van der Waals surface area contributed by atoms with Crippen LogP contribution in [0.2, 0.25) is 0 Å². The number of rotatable bonds is 8. The van der Waals surface area contributed by atoms with E-state index in [0.717, 1.165) is 38.6 Å². The van der Waals surface area contributed by atoms with Gasteiger partial charge in [0.2, 0.25) is 5.76 Å². The number of carbonyl (C=O) groups is 1. The number of esters is 1. The Morgan fingerprint density at radius 1 is 0.971 bits per heavy atom. The lowest BCUT2D eigenvalue weighted by atomic mass is 10.1. The van der Waals surface area contributed by atoms with E-state index in [1.54, 1.807) is 18.7 Å². The highest BCUT2D eigenvalue weighted by Crippen LogP contribution is 2.35. The van der Waals surface area contributed by atoms with Gasteiger partial charge in [0, 0.05) is 22.4 Å². The van der Waals surface area contributed by atoms with E-state index in [2.05, 4.69) is 10.6 Å². The predicted molar refractivity (Wildman–Crippen MR) is 134 cm³/mol. The smallest absolute Gasteiger partial charge is 0.374 e.